The summed E-state index contributed by atoms with van der Waals surface area (Å²) in [5.41, 5.74) is 4.90. The smallest absolute Gasteiger partial charge is 0.176 e. The molecule has 1 saturated heterocycles. The minimum absolute atomic E-state index is 0.119. The zero-order chi connectivity index (χ0) is 23.2. The molecule has 0 spiro atoms. The maximum atomic E-state index is 6.37. The second kappa shape index (κ2) is 8.41. The molecule has 6 nitrogen and oxygen atoms in total. The van der Waals surface area contributed by atoms with E-state index in [1.54, 1.807) is 0 Å². The molecule has 1 aliphatic heterocycles. The van der Waals surface area contributed by atoms with Gasteiger partial charge in [-0.2, -0.15) is 0 Å². The number of furan rings is 1. The molecule has 0 bridgehead atoms. The summed E-state index contributed by atoms with van der Waals surface area (Å²) in [7, 11) is 0. The first kappa shape index (κ1) is 21.8. The number of hydrogen-bond acceptors (Lipinski definition) is 5. The molecule has 172 valence electrons. The number of aromatic nitrogens is 4. The van der Waals surface area contributed by atoms with Crippen LogP contribution in [0.25, 0.3) is 11.0 Å². The van der Waals surface area contributed by atoms with E-state index < -0.39 is 0 Å². The number of fused-ring (bicyclic) bond motifs is 1. The Labute approximate surface area is 195 Å². The standard InChI is InChI=1S/C27H33N5O/c1-18-10-11-19(2)22(16-18)20-12-14-31(15-13-20)25(26-28-29-30-32(26)27(3,4)5)24-17-21-8-6-7-9-23(21)33-24/h6-11,16-17,20,25H,12-15H2,1-5H3. The Morgan fingerprint density at radius 3 is 2.48 bits per heavy atom. The molecule has 0 radical (unpaired) electrons. The molecule has 2 aromatic carbocycles. The number of aryl methyl sites for hydroxylation is 2. The molecule has 0 N–H and O–H groups in total. The number of benzene rings is 2. The van der Waals surface area contributed by atoms with E-state index in [1.165, 1.54) is 16.7 Å². The molecule has 1 aliphatic rings. The lowest BCUT2D eigenvalue weighted by molar-refractivity contribution is 0.145. The Hall–Kier alpha value is -2.99. The SMILES string of the molecule is Cc1ccc(C)c(C2CCN(C(c3cc4ccccc4o3)c3nnnn3C(C)(C)C)CC2)c1. The van der Waals surface area contributed by atoms with Gasteiger partial charge in [0, 0.05) is 5.39 Å². The zero-order valence-corrected chi connectivity index (χ0v) is 20.2. The lowest BCUT2D eigenvalue weighted by atomic mass is 9.85. The second-order valence-corrected chi connectivity index (χ2v) is 10.4. The average molecular weight is 444 g/mol. The predicted molar refractivity (Wildman–Crippen MR) is 130 cm³/mol. The monoisotopic (exact) mass is 443 g/mol. The van der Waals surface area contributed by atoms with E-state index in [-0.39, 0.29) is 11.6 Å². The van der Waals surface area contributed by atoms with Crippen molar-refractivity contribution in [3.63, 3.8) is 0 Å². The largest absolute Gasteiger partial charge is 0.459 e. The minimum atomic E-state index is -0.222. The summed E-state index contributed by atoms with van der Waals surface area (Å²) in [5.74, 6) is 2.32. The summed E-state index contributed by atoms with van der Waals surface area (Å²) in [4.78, 5) is 2.49. The van der Waals surface area contributed by atoms with Gasteiger partial charge in [0.1, 0.15) is 17.4 Å². The van der Waals surface area contributed by atoms with Gasteiger partial charge in [-0.25, -0.2) is 4.68 Å². The van der Waals surface area contributed by atoms with Gasteiger partial charge in [0.25, 0.3) is 0 Å². The third-order valence-corrected chi connectivity index (χ3v) is 6.86. The summed E-state index contributed by atoms with van der Waals surface area (Å²) in [6.07, 6.45) is 2.22. The molecule has 6 heteroatoms. The predicted octanol–water partition coefficient (Wildman–Crippen LogP) is 5.76. The van der Waals surface area contributed by atoms with Crippen LogP contribution in [0.3, 0.4) is 0 Å². The normalized spacial score (nSPS) is 17.0. The van der Waals surface area contributed by atoms with Crippen molar-refractivity contribution in [1.29, 1.82) is 0 Å². The molecule has 33 heavy (non-hydrogen) atoms. The van der Waals surface area contributed by atoms with E-state index in [2.05, 4.69) is 85.4 Å². The lowest BCUT2D eigenvalue weighted by Gasteiger charge is -2.37. The van der Waals surface area contributed by atoms with Crippen molar-refractivity contribution in [2.24, 2.45) is 0 Å². The van der Waals surface area contributed by atoms with E-state index in [1.807, 2.05) is 22.9 Å². The van der Waals surface area contributed by atoms with Gasteiger partial charge in [-0.1, -0.05) is 42.0 Å². The second-order valence-electron chi connectivity index (χ2n) is 10.4. The van der Waals surface area contributed by atoms with Gasteiger partial charge in [0.15, 0.2) is 5.82 Å². The Kier molecular flexibility index (Phi) is 5.57. The molecule has 1 atom stereocenters. The summed E-state index contributed by atoms with van der Waals surface area (Å²) in [5, 5.41) is 14.0. The lowest BCUT2D eigenvalue weighted by Crippen LogP contribution is -2.39. The molecule has 4 aromatic rings. The minimum Gasteiger partial charge on any atom is -0.459 e. The van der Waals surface area contributed by atoms with Gasteiger partial charge in [-0.05, 0) is 100 Å². The van der Waals surface area contributed by atoms with Crippen LogP contribution in [0.1, 0.15) is 73.8 Å². The first-order valence-electron chi connectivity index (χ1n) is 11.9. The maximum Gasteiger partial charge on any atom is 0.176 e. The highest BCUT2D eigenvalue weighted by Crippen LogP contribution is 2.38. The van der Waals surface area contributed by atoms with Gasteiger partial charge in [-0.15, -0.1) is 5.10 Å². The van der Waals surface area contributed by atoms with Crippen LogP contribution >= 0.6 is 0 Å². The van der Waals surface area contributed by atoms with Crippen LogP contribution in [0, 0.1) is 13.8 Å². The highest BCUT2D eigenvalue weighted by Gasteiger charge is 2.36. The van der Waals surface area contributed by atoms with E-state index >= 15 is 0 Å². The molecule has 0 amide bonds. The number of para-hydroxylation sites is 1. The topological polar surface area (TPSA) is 60.0 Å². The average Bonchev–Trinajstić information content (AvgIpc) is 3.43. The number of piperidine rings is 1. The van der Waals surface area contributed by atoms with Crippen molar-refractivity contribution in [3.8, 4) is 0 Å². The van der Waals surface area contributed by atoms with E-state index in [9.17, 15) is 0 Å². The van der Waals surface area contributed by atoms with Crippen molar-refractivity contribution in [2.75, 3.05) is 13.1 Å². The third kappa shape index (κ3) is 4.20. The van der Waals surface area contributed by atoms with Crippen molar-refractivity contribution < 1.29 is 4.42 Å². The maximum absolute atomic E-state index is 6.37. The van der Waals surface area contributed by atoms with Gasteiger partial charge < -0.3 is 4.42 Å². The van der Waals surface area contributed by atoms with Crippen molar-refractivity contribution in [1.82, 2.24) is 25.1 Å². The number of nitrogens with zero attached hydrogens (tertiary/aromatic N) is 5. The van der Waals surface area contributed by atoms with E-state index in [0.29, 0.717) is 5.92 Å². The summed E-state index contributed by atoms with van der Waals surface area (Å²) in [6, 6.07) is 17.0. The fourth-order valence-electron chi connectivity index (χ4n) is 5.12. The van der Waals surface area contributed by atoms with Crippen molar-refractivity contribution >= 4 is 11.0 Å². The van der Waals surface area contributed by atoms with Crippen LogP contribution in [-0.2, 0) is 5.54 Å². The first-order chi connectivity index (χ1) is 15.8. The molecule has 1 fully saturated rings. The van der Waals surface area contributed by atoms with Gasteiger partial charge in [0.2, 0.25) is 0 Å². The number of hydrogen-bond donors (Lipinski definition) is 0. The Bertz CT molecular complexity index is 1220. The third-order valence-electron chi connectivity index (χ3n) is 6.86. The molecule has 3 heterocycles. The number of likely N-dealkylation sites (tertiary alicyclic amines) is 1. The Balaban J connectivity index is 1.49. The quantitative estimate of drug-likeness (QED) is 0.401. The number of rotatable bonds is 4. The van der Waals surface area contributed by atoms with Gasteiger partial charge in [0.05, 0.1) is 5.54 Å². The van der Waals surface area contributed by atoms with Gasteiger partial charge >= 0.3 is 0 Å². The molecular formula is C27H33N5O. The Morgan fingerprint density at radius 2 is 1.76 bits per heavy atom. The summed E-state index contributed by atoms with van der Waals surface area (Å²) in [6.45, 7) is 12.8. The highest BCUT2D eigenvalue weighted by atomic mass is 16.3. The van der Waals surface area contributed by atoms with Crippen LogP contribution < -0.4 is 0 Å². The van der Waals surface area contributed by atoms with Crippen LogP contribution in [0.15, 0.2) is 52.9 Å². The molecule has 1 unspecified atom stereocenters. The molecule has 0 saturated carbocycles. The molecular weight excluding hydrogens is 410 g/mol. The van der Waals surface area contributed by atoms with Crippen LogP contribution in [0.4, 0.5) is 0 Å². The van der Waals surface area contributed by atoms with Crippen LogP contribution in [0.5, 0.6) is 0 Å². The van der Waals surface area contributed by atoms with Crippen molar-refractivity contribution in [3.05, 3.63) is 76.8 Å². The fraction of sp³-hybridized carbons (Fsp3) is 0.444. The van der Waals surface area contributed by atoms with E-state index in [0.717, 1.165) is 48.5 Å². The molecule has 0 aliphatic carbocycles. The number of tetrazole rings is 1. The fourth-order valence-corrected chi connectivity index (χ4v) is 5.12. The molecule has 2 aromatic heterocycles. The van der Waals surface area contributed by atoms with Crippen molar-refractivity contribution in [2.45, 2.75) is 65.0 Å². The summed E-state index contributed by atoms with van der Waals surface area (Å²) < 4.78 is 8.32. The van der Waals surface area contributed by atoms with Crippen LogP contribution in [0.2, 0.25) is 0 Å². The van der Waals surface area contributed by atoms with Crippen LogP contribution in [-0.4, -0.2) is 38.2 Å². The zero-order valence-electron chi connectivity index (χ0n) is 20.2. The Morgan fingerprint density at radius 1 is 1.00 bits per heavy atom. The van der Waals surface area contributed by atoms with Gasteiger partial charge in [-0.3, -0.25) is 4.90 Å². The van der Waals surface area contributed by atoms with E-state index in [4.69, 9.17) is 4.42 Å². The summed E-state index contributed by atoms with van der Waals surface area (Å²) >= 11 is 0. The molecule has 5 rings (SSSR count). The highest BCUT2D eigenvalue weighted by molar-refractivity contribution is 5.77. The first-order valence-corrected chi connectivity index (χ1v) is 11.9.